The standard InChI is InChI=1S/C21H24N4O/c1-25(16-18-6-4-3-5-7-18)20-13-15-23-21(24-20)22-14-12-17-8-10-19(26-2)11-9-17/h3-11,13,15H,12,14,16H2,1-2H3,(H,22,23,24). The Bertz CT molecular complexity index is 806. The Morgan fingerprint density at radius 1 is 0.962 bits per heavy atom. The van der Waals surface area contributed by atoms with Crippen molar-refractivity contribution in [3.63, 3.8) is 0 Å². The zero-order chi connectivity index (χ0) is 18.2. The summed E-state index contributed by atoms with van der Waals surface area (Å²) in [5.74, 6) is 2.42. The van der Waals surface area contributed by atoms with Gasteiger partial charge in [0.05, 0.1) is 7.11 Å². The molecule has 0 atom stereocenters. The summed E-state index contributed by atoms with van der Waals surface area (Å²) in [6.07, 6.45) is 2.69. The average molecular weight is 348 g/mol. The van der Waals surface area contributed by atoms with E-state index in [9.17, 15) is 0 Å². The molecule has 3 rings (SSSR count). The Balaban J connectivity index is 1.54. The van der Waals surface area contributed by atoms with Crippen molar-refractivity contribution >= 4 is 11.8 Å². The van der Waals surface area contributed by atoms with Crippen LogP contribution < -0.4 is 15.0 Å². The number of benzene rings is 2. The number of rotatable bonds is 8. The number of aromatic nitrogens is 2. The smallest absolute Gasteiger partial charge is 0.224 e. The van der Waals surface area contributed by atoms with Crippen LogP contribution in [0.2, 0.25) is 0 Å². The van der Waals surface area contributed by atoms with E-state index in [4.69, 9.17) is 4.74 Å². The van der Waals surface area contributed by atoms with E-state index in [-0.39, 0.29) is 0 Å². The highest BCUT2D eigenvalue weighted by Crippen LogP contribution is 2.14. The van der Waals surface area contributed by atoms with Gasteiger partial charge in [-0.1, -0.05) is 42.5 Å². The van der Waals surface area contributed by atoms with E-state index in [0.717, 1.165) is 31.1 Å². The number of nitrogens with zero attached hydrogens (tertiary/aromatic N) is 3. The Morgan fingerprint density at radius 3 is 2.46 bits per heavy atom. The van der Waals surface area contributed by atoms with Crippen LogP contribution in [0, 0.1) is 0 Å². The number of ether oxygens (including phenoxy) is 1. The molecule has 134 valence electrons. The monoisotopic (exact) mass is 348 g/mol. The van der Waals surface area contributed by atoms with Crippen molar-refractivity contribution in [2.45, 2.75) is 13.0 Å². The molecular weight excluding hydrogens is 324 g/mol. The van der Waals surface area contributed by atoms with Crippen LogP contribution in [0.15, 0.2) is 66.9 Å². The van der Waals surface area contributed by atoms with Gasteiger partial charge in [-0.05, 0) is 35.7 Å². The maximum atomic E-state index is 5.18. The fourth-order valence-electron chi connectivity index (χ4n) is 2.70. The second-order valence-corrected chi connectivity index (χ2v) is 6.10. The summed E-state index contributed by atoms with van der Waals surface area (Å²) in [5, 5.41) is 3.30. The molecule has 0 radical (unpaired) electrons. The van der Waals surface area contributed by atoms with Gasteiger partial charge in [0.1, 0.15) is 11.6 Å². The van der Waals surface area contributed by atoms with E-state index in [2.05, 4.69) is 56.6 Å². The van der Waals surface area contributed by atoms with Crippen molar-refractivity contribution in [2.75, 3.05) is 30.9 Å². The van der Waals surface area contributed by atoms with Crippen molar-refractivity contribution in [2.24, 2.45) is 0 Å². The van der Waals surface area contributed by atoms with E-state index < -0.39 is 0 Å². The SMILES string of the molecule is COc1ccc(CCNc2nccc(N(C)Cc3ccccc3)n2)cc1. The minimum absolute atomic E-state index is 0.649. The molecule has 0 spiro atoms. The zero-order valence-corrected chi connectivity index (χ0v) is 15.2. The van der Waals surface area contributed by atoms with Gasteiger partial charge in [0.25, 0.3) is 0 Å². The fraction of sp³-hybridized carbons (Fsp3) is 0.238. The van der Waals surface area contributed by atoms with Gasteiger partial charge in [-0.2, -0.15) is 4.98 Å². The van der Waals surface area contributed by atoms with Crippen molar-refractivity contribution in [1.29, 1.82) is 0 Å². The topological polar surface area (TPSA) is 50.3 Å². The third kappa shape index (κ3) is 4.96. The molecule has 0 saturated heterocycles. The van der Waals surface area contributed by atoms with Gasteiger partial charge in [-0.25, -0.2) is 4.98 Å². The first-order chi connectivity index (χ1) is 12.7. The highest BCUT2D eigenvalue weighted by Gasteiger charge is 2.05. The van der Waals surface area contributed by atoms with Crippen LogP contribution in [0.1, 0.15) is 11.1 Å². The maximum absolute atomic E-state index is 5.18. The molecule has 0 unspecified atom stereocenters. The van der Waals surface area contributed by atoms with Gasteiger partial charge in [0, 0.05) is 26.3 Å². The van der Waals surface area contributed by atoms with Gasteiger partial charge in [-0.3, -0.25) is 0 Å². The van der Waals surface area contributed by atoms with Crippen LogP contribution in [-0.4, -0.2) is 30.7 Å². The highest BCUT2D eigenvalue weighted by atomic mass is 16.5. The minimum atomic E-state index is 0.649. The first kappa shape index (κ1) is 17.7. The lowest BCUT2D eigenvalue weighted by Crippen LogP contribution is -2.18. The summed E-state index contributed by atoms with van der Waals surface area (Å²) >= 11 is 0. The minimum Gasteiger partial charge on any atom is -0.497 e. The number of hydrogen-bond acceptors (Lipinski definition) is 5. The Morgan fingerprint density at radius 2 is 1.73 bits per heavy atom. The summed E-state index contributed by atoms with van der Waals surface area (Å²) in [7, 11) is 3.71. The van der Waals surface area contributed by atoms with E-state index in [1.807, 2.05) is 31.3 Å². The van der Waals surface area contributed by atoms with Gasteiger partial charge in [0.15, 0.2) is 0 Å². The molecule has 0 aliphatic heterocycles. The van der Waals surface area contributed by atoms with E-state index in [0.29, 0.717) is 5.95 Å². The van der Waals surface area contributed by atoms with Crippen LogP contribution in [0.25, 0.3) is 0 Å². The third-order valence-electron chi connectivity index (χ3n) is 4.15. The first-order valence-electron chi connectivity index (χ1n) is 8.69. The zero-order valence-electron chi connectivity index (χ0n) is 15.2. The van der Waals surface area contributed by atoms with Crippen molar-refractivity contribution in [3.8, 4) is 5.75 Å². The molecule has 2 aromatic carbocycles. The molecule has 0 fully saturated rings. The van der Waals surface area contributed by atoms with E-state index in [1.165, 1.54) is 11.1 Å². The molecule has 26 heavy (non-hydrogen) atoms. The molecule has 5 nitrogen and oxygen atoms in total. The molecule has 0 saturated carbocycles. The van der Waals surface area contributed by atoms with Gasteiger partial charge in [-0.15, -0.1) is 0 Å². The van der Waals surface area contributed by atoms with Crippen LogP contribution in [-0.2, 0) is 13.0 Å². The number of hydrogen-bond donors (Lipinski definition) is 1. The molecular formula is C21H24N4O. The molecule has 0 aliphatic rings. The quantitative estimate of drug-likeness (QED) is 0.671. The van der Waals surface area contributed by atoms with Crippen molar-refractivity contribution in [3.05, 3.63) is 78.0 Å². The Hall–Kier alpha value is -3.08. The molecule has 0 bridgehead atoms. The molecule has 0 aliphatic carbocycles. The van der Waals surface area contributed by atoms with Crippen LogP contribution in [0.3, 0.4) is 0 Å². The number of nitrogens with one attached hydrogen (secondary N) is 1. The fourth-order valence-corrected chi connectivity index (χ4v) is 2.70. The van der Waals surface area contributed by atoms with Crippen molar-refractivity contribution < 1.29 is 4.74 Å². The van der Waals surface area contributed by atoms with Crippen LogP contribution >= 0.6 is 0 Å². The summed E-state index contributed by atoms with van der Waals surface area (Å²) in [5.41, 5.74) is 2.50. The number of methoxy groups -OCH3 is 1. The predicted molar refractivity (Wildman–Crippen MR) is 106 cm³/mol. The highest BCUT2D eigenvalue weighted by molar-refractivity contribution is 5.42. The summed E-state index contributed by atoms with van der Waals surface area (Å²) < 4.78 is 5.18. The lowest BCUT2D eigenvalue weighted by molar-refractivity contribution is 0.414. The maximum Gasteiger partial charge on any atom is 0.224 e. The predicted octanol–water partition coefficient (Wildman–Crippen LogP) is 3.78. The average Bonchev–Trinajstić information content (AvgIpc) is 2.69. The van der Waals surface area contributed by atoms with Gasteiger partial charge in [0.2, 0.25) is 5.95 Å². The molecule has 3 aromatic rings. The van der Waals surface area contributed by atoms with Crippen LogP contribution in [0.5, 0.6) is 5.75 Å². The normalized spacial score (nSPS) is 10.4. The molecule has 1 aromatic heterocycles. The van der Waals surface area contributed by atoms with Gasteiger partial charge < -0.3 is 15.0 Å². The Kier molecular flexibility index (Phi) is 6.04. The molecule has 1 heterocycles. The van der Waals surface area contributed by atoms with E-state index in [1.54, 1.807) is 13.3 Å². The summed E-state index contributed by atoms with van der Waals surface area (Å²) in [6, 6.07) is 20.4. The lowest BCUT2D eigenvalue weighted by Gasteiger charge is -2.18. The molecule has 5 heteroatoms. The largest absolute Gasteiger partial charge is 0.497 e. The summed E-state index contributed by atoms with van der Waals surface area (Å²) in [6.45, 7) is 1.58. The first-order valence-corrected chi connectivity index (χ1v) is 8.69. The molecule has 1 N–H and O–H groups in total. The van der Waals surface area contributed by atoms with Gasteiger partial charge >= 0.3 is 0 Å². The second kappa shape index (κ2) is 8.85. The third-order valence-corrected chi connectivity index (χ3v) is 4.15. The lowest BCUT2D eigenvalue weighted by atomic mass is 10.1. The Labute approximate surface area is 154 Å². The van der Waals surface area contributed by atoms with E-state index >= 15 is 0 Å². The second-order valence-electron chi connectivity index (χ2n) is 6.10. The van der Waals surface area contributed by atoms with Crippen molar-refractivity contribution in [1.82, 2.24) is 9.97 Å². The van der Waals surface area contributed by atoms with Crippen LogP contribution in [0.4, 0.5) is 11.8 Å². The molecule has 0 amide bonds. The number of anilines is 2. The summed E-state index contributed by atoms with van der Waals surface area (Å²) in [4.78, 5) is 11.0.